The summed E-state index contributed by atoms with van der Waals surface area (Å²) in [4.78, 5) is 0. The zero-order chi connectivity index (χ0) is 9.68. The van der Waals surface area contributed by atoms with Gasteiger partial charge in [0.2, 0.25) is 0 Å². The van der Waals surface area contributed by atoms with E-state index in [4.69, 9.17) is 15.6 Å². The van der Waals surface area contributed by atoms with Crippen LogP contribution in [-0.2, 0) is 4.74 Å². The Balaban J connectivity index is 2.08. The molecule has 1 aliphatic rings. The number of alkyl halides is 1. The predicted molar refractivity (Wildman–Crippen MR) is 48.2 cm³/mol. The normalized spacial score (nSPS) is 31.6. The molecule has 78 valence electrons. The molecule has 1 saturated carbocycles. The lowest BCUT2D eigenvalue weighted by Crippen LogP contribution is -2.32. The highest BCUT2D eigenvalue weighted by atomic mass is 19.1. The van der Waals surface area contributed by atoms with Crippen molar-refractivity contribution in [3.05, 3.63) is 0 Å². The van der Waals surface area contributed by atoms with Crippen LogP contribution in [0.25, 0.3) is 0 Å². The van der Waals surface area contributed by atoms with Crippen LogP contribution in [-0.4, -0.2) is 36.6 Å². The van der Waals surface area contributed by atoms with Gasteiger partial charge in [-0.2, -0.15) is 0 Å². The lowest BCUT2D eigenvalue weighted by atomic mass is 9.94. The summed E-state index contributed by atoms with van der Waals surface area (Å²) < 4.78 is 17.2. The zero-order valence-electron chi connectivity index (χ0n) is 7.79. The molecule has 0 amide bonds. The molecule has 0 aromatic carbocycles. The van der Waals surface area contributed by atoms with E-state index < -0.39 is 12.8 Å². The van der Waals surface area contributed by atoms with Crippen LogP contribution in [0.2, 0.25) is 0 Å². The monoisotopic (exact) mass is 191 g/mol. The highest BCUT2D eigenvalue weighted by Gasteiger charge is 2.19. The van der Waals surface area contributed by atoms with E-state index in [2.05, 4.69) is 0 Å². The minimum absolute atomic E-state index is 0.108. The van der Waals surface area contributed by atoms with Gasteiger partial charge in [-0.15, -0.1) is 0 Å². The number of nitrogens with two attached hydrogens (primary N) is 1. The molecule has 3 nitrogen and oxygen atoms in total. The average molecular weight is 191 g/mol. The zero-order valence-corrected chi connectivity index (χ0v) is 7.79. The lowest BCUT2D eigenvalue weighted by molar-refractivity contribution is -0.0315. The van der Waals surface area contributed by atoms with Gasteiger partial charge in [-0.25, -0.2) is 4.39 Å². The molecule has 1 rings (SSSR count). The van der Waals surface area contributed by atoms with E-state index >= 15 is 0 Å². The first kappa shape index (κ1) is 10.9. The number of halogens is 1. The lowest BCUT2D eigenvalue weighted by Gasteiger charge is -2.26. The van der Waals surface area contributed by atoms with E-state index in [-0.39, 0.29) is 12.7 Å². The first-order valence-corrected chi connectivity index (χ1v) is 4.83. The first-order valence-electron chi connectivity index (χ1n) is 4.83. The Morgan fingerprint density at radius 3 is 2.54 bits per heavy atom. The maximum atomic E-state index is 11.9. The van der Waals surface area contributed by atoms with Gasteiger partial charge in [0, 0.05) is 6.04 Å². The molecule has 0 radical (unpaired) electrons. The van der Waals surface area contributed by atoms with Gasteiger partial charge in [-0.1, -0.05) is 0 Å². The fourth-order valence-corrected chi connectivity index (χ4v) is 1.55. The van der Waals surface area contributed by atoms with E-state index in [1.165, 1.54) is 0 Å². The van der Waals surface area contributed by atoms with Gasteiger partial charge in [0.1, 0.15) is 12.8 Å². The van der Waals surface area contributed by atoms with Crippen LogP contribution in [0.4, 0.5) is 4.39 Å². The van der Waals surface area contributed by atoms with Crippen molar-refractivity contribution in [2.45, 2.75) is 43.9 Å². The number of rotatable bonds is 4. The van der Waals surface area contributed by atoms with Gasteiger partial charge in [0.15, 0.2) is 0 Å². The maximum absolute atomic E-state index is 11.9. The van der Waals surface area contributed by atoms with Gasteiger partial charge in [0.05, 0.1) is 12.7 Å². The molecule has 0 bridgehead atoms. The second-order valence-corrected chi connectivity index (χ2v) is 3.68. The molecule has 3 N–H and O–H groups in total. The molecule has 0 heterocycles. The Kier molecular flexibility index (Phi) is 4.62. The third-order valence-electron chi connectivity index (χ3n) is 2.42. The van der Waals surface area contributed by atoms with Crippen molar-refractivity contribution in [3.63, 3.8) is 0 Å². The molecule has 13 heavy (non-hydrogen) atoms. The molecule has 1 unspecified atom stereocenters. The number of aliphatic hydroxyl groups is 1. The molecular weight excluding hydrogens is 173 g/mol. The summed E-state index contributed by atoms with van der Waals surface area (Å²) in [5, 5.41) is 8.92. The third-order valence-corrected chi connectivity index (χ3v) is 2.42. The third kappa shape index (κ3) is 4.02. The van der Waals surface area contributed by atoms with Gasteiger partial charge >= 0.3 is 0 Å². The van der Waals surface area contributed by atoms with Crippen molar-refractivity contribution in [2.24, 2.45) is 5.73 Å². The smallest absolute Gasteiger partial charge is 0.118 e. The van der Waals surface area contributed by atoms with Gasteiger partial charge in [0.25, 0.3) is 0 Å². The predicted octanol–water partition coefficient (Wildman–Crippen LogP) is 0.603. The molecule has 0 saturated heterocycles. The summed E-state index contributed by atoms with van der Waals surface area (Å²) in [6.45, 7) is -0.622. The number of ether oxygens (including phenoxy) is 1. The summed E-state index contributed by atoms with van der Waals surface area (Å²) in [5.41, 5.74) is 5.71. The fourth-order valence-electron chi connectivity index (χ4n) is 1.55. The summed E-state index contributed by atoms with van der Waals surface area (Å²) in [7, 11) is 0. The molecule has 0 spiro atoms. The van der Waals surface area contributed by atoms with Gasteiger partial charge < -0.3 is 15.6 Å². The van der Waals surface area contributed by atoms with Crippen molar-refractivity contribution in [1.82, 2.24) is 0 Å². The summed E-state index contributed by atoms with van der Waals surface area (Å²) in [6.07, 6.45) is 3.00. The maximum Gasteiger partial charge on any atom is 0.118 e. The molecule has 1 aliphatic carbocycles. The van der Waals surface area contributed by atoms with Crippen LogP contribution >= 0.6 is 0 Å². The second kappa shape index (κ2) is 5.52. The fraction of sp³-hybridized carbons (Fsp3) is 1.00. The number of aliphatic hydroxyl groups excluding tert-OH is 1. The summed E-state index contributed by atoms with van der Waals surface area (Å²) in [5.74, 6) is 0. The minimum Gasteiger partial charge on any atom is -0.388 e. The molecule has 1 atom stereocenters. The van der Waals surface area contributed by atoms with Gasteiger partial charge in [-0.3, -0.25) is 0 Å². The Hall–Kier alpha value is -0.190. The van der Waals surface area contributed by atoms with Crippen molar-refractivity contribution in [2.75, 3.05) is 13.3 Å². The Morgan fingerprint density at radius 1 is 1.38 bits per heavy atom. The quantitative estimate of drug-likeness (QED) is 0.684. The topological polar surface area (TPSA) is 55.5 Å². The van der Waals surface area contributed by atoms with E-state index in [9.17, 15) is 4.39 Å². The van der Waals surface area contributed by atoms with Crippen molar-refractivity contribution in [1.29, 1.82) is 0 Å². The second-order valence-electron chi connectivity index (χ2n) is 3.68. The van der Waals surface area contributed by atoms with Crippen LogP contribution in [0.5, 0.6) is 0 Å². The minimum atomic E-state index is -0.962. The van der Waals surface area contributed by atoms with Crippen LogP contribution in [0.3, 0.4) is 0 Å². The number of hydrogen-bond acceptors (Lipinski definition) is 3. The van der Waals surface area contributed by atoms with Crippen molar-refractivity contribution in [3.8, 4) is 0 Å². The average Bonchev–Trinajstić information content (AvgIpc) is 2.16. The summed E-state index contributed by atoms with van der Waals surface area (Å²) >= 11 is 0. The number of hydrogen-bond donors (Lipinski definition) is 2. The van der Waals surface area contributed by atoms with E-state index in [0.29, 0.717) is 6.04 Å². The van der Waals surface area contributed by atoms with Crippen molar-refractivity contribution >= 4 is 0 Å². The molecule has 1 fully saturated rings. The van der Waals surface area contributed by atoms with Crippen LogP contribution < -0.4 is 5.73 Å². The Bertz CT molecular complexity index is 138. The molecule has 0 aromatic rings. The summed E-state index contributed by atoms with van der Waals surface area (Å²) in [6, 6.07) is 0.297. The Morgan fingerprint density at radius 2 is 2.00 bits per heavy atom. The molecular formula is C9H18FNO2. The van der Waals surface area contributed by atoms with Crippen molar-refractivity contribution < 1.29 is 14.2 Å². The SMILES string of the molecule is NC1CCC(OCC(O)CF)CC1. The molecule has 0 aromatic heterocycles. The van der Waals surface area contributed by atoms with Crippen LogP contribution in [0, 0.1) is 0 Å². The highest BCUT2D eigenvalue weighted by Crippen LogP contribution is 2.19. The van der Waals surface area contributed by atoms with E-state index in [0.717, 1.165) is 25.7 Å². The van der Waals surface area contributed by atoms with Crippen LogP contribution in [0.15, 0.2) is 0 Å². The largest absolute Gasteiger partial charge is 0.388 e. The Labute approximate surface area is 78.1 Å². The van der Waals surface area contributed by atoms with E-state index in [1.807, 2.05) is 0 Å². The highest BCUT2D eigenvalue weighted by molar-refractivity contribution is 4.74. The van der Waals surface area contributed by atoms with Gasteiger partial charge in [-0.05, 0) is 25.7 Å². The molecule has 0 aliphatic heterocycles. The molecule has 4 heteroatoms. The first-order chi connectivity index (χ1) is 6.22. The standard InChI is InChI=1S/C9H18FNO2/c10-5-8(12)6-13-9-3-1-7(11)2-4-9/h7-9,12H,1-6,11H2. The van der Waals surface area contributed by atoms with Crippen LogP contribution in [0.1, 0.15) is 25.7 Å². The van der Waals surface area contributed by atoms with E-state index in [1.54, 1.807) is 0 Å².